The number of hydrogen-bond donors (Lipinski definition) is 0. The molecule has 5 nitrogen and oxygen atoms in total. The number of ether oxygens (including phenoxy) is 2. The van der Waals surface area contributed by atoms with Crippen LogP contribution in [0.3, 0.4) is 0 Å². The van der Waals surface area contributed by atoms with E-state index < -0.39 is 5.60 Å². The Kier molecular flexibility index (Phi) is 5.45. The van der Waals surface area contributed by atoms with E-state index in [9.17, 15) is 4.79 Å². The normalized spacial score (nSPS) is 16.9. The lowest BCUT2D eigenvalue weighted by atomic mass is 9.77. The summed E-state index contributed by atoms with van der Waals surface area (Å²) in [5.41, 5.74) is 6.41. The largest absolute Gasteiger partial charge is 0.456 e. The number of aryl methyl sites for hydroxylation is 1. The summed E-state index contributed by atoms with van der Waals surface area (Å²) in [6, 6.07) is 28.4. The molecule has 1 spiro atoms. The molecule has 2 aliphatic rings. The summed E-state index contributed by atoms with van der Waals surface area (Å²) in [6.07, 6.45) is 0. The number of fused-ring (bicyclic) bond motifs is 6. The van der Waals surface area contributed by atoms with Crippen molar-refractivity contribution in [1.82, 2.24) is 0 Å². The molecule has 4 aromatic rings. The maximum Gasteiger partial charge on any atom is 0.340 e. The molecule has 0 bridgehead atoms. The van der Waals surface area contributed by atoms with Crippen LogP contribution in [-0.2, 0) is 10.3 Å². The van der Waals surface area contributed by atoms with E-state index in [4.69, 9.17) is 9.47 Å². The Labute approximate surface area is 217 Å². The standard InChI is InChI=1S/C32H30N2O3/c1-5-34(6-2)24-16-18-29-28(19-24)32(26-10-8-7-9-25(26)31(35)37-32)27-17-15-23(20-30(27)36-29)33(4)22-13-11-21(3)12-14-22/h7-20H,5-6H2,1-4H3. The Balaban J connectivity index is 1.55. The molecule has 0 amide bonds. The van der Waals surface area contributed by atoms with Gasteiger partial charge in [-0.25, -0.2) is 4.79 Å². The van der Waals surface area contributed by atoms with Crippen molar-refractivity contribution in [2.45, 2.75) is 26.4 Å². The highest BCUT2D eigenvalue weighted by Crippen LogP contribution is 2.57. The molecule has 0 fully saturated rings. The predicted octanol–water partition coefficient (Wildman–Crippen LogP) is 7.18. The third kappa shape index (κ3) is 3.49. The van der Waals surface area contributed by atoms with Gasteiger partial charge in [-0.15, -0.1) is 0 Å². The van der Waals surface area contributed by atoms with Gasteiger partial charge >= 0.3 is 5.97 Å². The second kappa shape index (κ2) is 8.70. The van der Waals surface area contributed by atoms with Crippen molar-refractivity contribution in [2.24, 2.45) is 0 Å². The molecule has 1 atom stereocenters. The number of nitrogens with zero attached hydrogens (tertiary/aromatic N) is 2. The number of carbonyl (C=O) groups is 1. The molecule has 0 aromatic heterocycles. The second-order valence-electron chi connectivity index (χ2n) is 9.65. The molecule has 2 heterocycles. The second-order valence-corrected chi connectivity index (χ2v) is 9.65. The molecule has 2 aliphatic heterocycles. The Bertz CT molecular complexity index is 1510. The van der Waals surface area contributed by atoms with Gasteiger partial charge in [0.25, 0.3) is 0 Å². The summed E-state index contributed by atoms with van der Waals surface area (Å²) in [6.45, 7) is 8.12. The molecule has 37 heavy (non-hydrogen) atoms. The van der Waals surface area contributed by atoms with Crippen molar-refractivity contribution >= 4 is 23.0 Å². The first kappa shape index (κ1) is 23.2. The Morgan fingerprint density at radius 3 is 2.19 bits per heavy atom. The maximum atomic E-state index is 13.2. The van der Waals surface area contributed by atoms with Crippen LogP contribution in [0.4, 0.5) is 17.1 Å². The highest BCUT2D eigenvalue weighted by atomic mass is 16.6. The minimum Gasteiger partial charge on any atom is -0.456 e. The fraction of sp³-hybridized carbons (Fsp3) is 0.219. The van der Waals surface area contributed by atoms with Crippen LogP contribution in [0.15, 0.2) is 84.9 Å². The predicted molar refractivity (Wildman–Crippen MR) is 148 cm³/mol. The van der Waals surface area contributed by atoms with Crippen LogP contribution < -0.4 is 14.5 Å². The smallest absolute Gasteiger partial charge is 0.340 e. The van der Waals surface area contributed by atoms with Crippen LogP contribution >= 0.6 is 0 Å². The summed E-state index contributed by atoms with van der Waals surface area (Å²) < 4.78 is 12.9. The molecule has 1 unspecified atom stereocenters. The summed E-state index contributed by atoms with van der Waals surface area (Å²) in [5, 5.41) is 0. The van der Waals surface area contributed by atoms with E-state index in [1.54, 1.807) is 0 Å². The van der Waals surface area contributed by atoms with Gasteiger partial charge in [0, 0.05) is 60.0 Å². The molecule has 0 saturated carbocycles. The molecule has 0 aliphatic carbocycles. The monoisotopic (exact) mass is 490 g/mol. The van der Waals surface area contributed by atoms with E-state index in [2.05, 4.69) is 73.0 Å². The SMILES string of the molecule is CCN(CC)c1ccc2c(c1)C1(OC(=O)c3ccccc31)c1ccc(N(C)c3ccc(C)cc3)cc1O2. The van der Waals surface area contributed by atoms with E-state index in [1.807, 2.05) is 49.5 Å². The third-order valence-corrected chi connectivity index (χ3v) is 7.62. The minimum absolute atomic E-state index is 0.316. The number of carbonyl (C=O) groups excluding carboxylic acids is 1. The molecular weight excluding hydrogens is 460 g/mol. The number of rotatable bonds is 5. The van der Waals surface area contributed by atoms with Gasteiger partial charge in [0.15, 0.2) is 5.60 Å². The van der Waals surface area contributed by atoms with Crippen molar-refractivity contribution in [2.75, 3.05) is 29.9 Å². The number of anilines is 3. The topological polar surface area (TPSA) is 42.0 Å². The number of esters is 1. The van der Waals surface area contributed by atoms with Crippen LogP contribution in [0.25, 0.3) is 0 Å². The van der Waals surface area contributed by atoms with Gasteiger partial charge in [0.2, 0.25) is 0 Å². The zero-order valence-electron chi connectivity index (χ0n) is 21.6. The zero-order chi connectivity index (χ0) is 25.7. The highest BCUT2D eigenvalue weighted by Gasteiger charge is 2.53. The maximum absolute atomic E-state index is 13.2. The lowest BCUT2D eigenvalue weighted by molar-refractivity contribution is 0.0224. The van der Waals surface area contributed by atoms with Crippen LogP contribution in [0.1, 0.15) is 46.5 Å². The van der Waals surface area contributed by atoms with Crippen molar-refractivity contribution in [1.29, 1.82) is 0 Å². The van der Waals surface area contributed by atoms with Crippen molar-refractivity contribution in [3.05, 3.63) is 113 Å². The van der Waals surface area contributed by atoms with E-state index >= 15 is 0 Å². The lowest BCUT2D eigenvalue weighted by Gasteiger charge is -2.38. The summed E-state index contributed by atoms with van der Waals surface area (Å²) in [7, 11) is 2.04. The van der Waals surface area contributed by atoms with Crippen molar-refractivity contribution in [3.63, 3.8) is 0 Å². The molecule has 0 radical (unpaired) electrons. The first-order valence-electron chi connectivity index (χ1n) is 12.8. The van der Waals surface area contributed by atoms with Gasteiger partial charge in [-0.3, -0.25) is 0 Å². The Morgan fingerprint density at radius 2 is 1.43 bits per heavy atom. The van der Waals surface area contributed by atoms with Gasteiger partial charge < -0.3 is 19.3 Å². The van der Waals surface area contributed by atoms with E-state index in [0.717, 1.165) is 46.8 Å². The van der Waals surface area contributed by atoms with Crippen LogP contribution in [0.5, 0.6) is 11.5 Å². The Hall–Kier alpha value is -4.25. The molecule has 6 rings (SSSR count). The van der Waals surface area contributed by atoms with Gasteiger partial charge in [-0.1, -0.05) is 35.9 Å². The number of hydrogen-bond acceptors (Lipinski definition) is 5. The molecular formula is C32H30N2O3. The Morgan fingerprint density at radius 1 is 0.730 bits per heavy atom. The summed E-state index contributed by atoms with van der Waals surface area (Å²) in [5.74, 6) is 1.07. The van der Waals surface area contributed by atoms with Crippen molar-refractivity contribution in [3.8, 4) is 11.5 Å². The molecule has 186 valence electrons. The fourth-order valence-corrected chi connectivity index (χ4v) is 5.56. The average Bonchev–Trinajstić information content (AvgIpc) is 3.22. The van der Waals surface area contributed by atoms with Gasteiger partial charge in [0.05, 0.1) is 5.56 Å². The lowest BCUT2D eigenvalue weighted by Crippen LogP contribution is -2.33. The quantitative estimate of drug-likeness (QED) is 0.277. The van der Waals surface area contributed by atoms with E-state index in [-0.39, 0.29) is 5.97 Å². The molecule has 4 aromatic carbocycles. The molecule has 0 N–H and O–H groups in total. The van der Waals surface area contributed by atoms with Gasteiger partial charge in [0.1, 0.15) is 11.5 Å². The summed E-state index contributed by atoms with van der Waals surface area (Å²) >= 11 is 0. The van der Waals surface area contributed by atoms with Gasteiger partial charge in [-0.05, 0) is 69.3 Å². The molecule has 0 saturated heterocycles. The summed E-state index contributed by atoms with van der Waals surface area (Å²) in [4.78, 5) is 17.6. The van der Waals surface area contributed by atoms with Crippen LogP contribution in [0.2, 0.25) is 0 Å². The van der Waals surface area contributed by atoms with Crippen LogP contribution in [-0.4, -0.2) is 26.1 Å². The highest BCUT2D eigenvalue weighted by molar-refractivity contribution is 5.97. The van der Waals surface area contributed by atoms with Crippen LogP contribution in [0, 0.1) is 6.92 Å². The van der Waals surface area contributed by atoms with E-state index in [0.29, 0.717) is 17.1 Å². The van der Waals surface area contributed by atoms with Crippen molar-refractivity contribution < 1.29 is 14.3 Å². The molecule has 5 heteroatoms. The zero-order valence-corrected chi connectivity index (χ0v) is 21.6. The minimum atomic E-state index is -1.07. The third-order valence-electron chi connectivity index (χ3n) is 7.62. The van der Waals surface area contributed by atoms with Gasteiger partial charge in [-0.2, -0.15) is 0 Å². The first-order chi connectivity index (χ1) is 18.0. The average molecular weight is 491 g/mol. The fourth-order valence-electron chi connectivity index (χ4n) is 5.56. The number of benzene rings is 4. The van der Waals surface area contributed by atoms with E-state index in [1.165, 1.54) is 5.56 Å². The first-order valence-corrected chi connectivity index (χ1v) is 12.8.